The van der Waals surface area contributed by atoms with E-state index < -0.39 is 12.1 Å². The second-order valence-electron chi connectivity index (χ2n) is 2.83. The molecule has 0 heterocycles. The zero-order valence-electron chi connectivity index (χ0n) is 8.23. The van der Waals surface area contributed by atoms with Gasteiger partial charge in [0.15, 0.2) is 0 Å². The predicted molar refractivity (Wildman–Crippen MR) is 49.7 cm³/mol. The highest BCUT2D eigenvalue weighted by Crippen LogP contribution is 1.94. The molecule has 0 aromatic rings. The van der Waals surface area contributed by atoms with Crippen LogP contribution in [0.5, 0.6) is 0 Å². The molecule has 0 rings (SSSR count). The quantitative estimate of drug-likeness (QED) is 0.331. The monoisotopic (exact) mass is 204 g/mol. The topological polar surface area (TPSA) is 76.0 Å². The van der Waals surface area contributed by atoms with Gasteiger partial charge >= 0.3 is 5.97 Å². The van der Waals surface area contributed by atoms with Gasteiger partial charge < -0.3 is 19.7 Å². The van der Waals surface area contributed by atoms with Crippen molar-refractivity contribution in [1.29, 1.82) is 0 Å². The number of esters is 1. The van der Waals surface area contributed by atoms with E-state index in [1.807, 2.05) is 0 Å². The lowest BCUT2D eigenvalue weighted by molar-refractivity contribution is -0.143. The molecule has 0 radical (unpaired) electrons. The molecule has 0 bridgehead atoms. The van der Waals surface area contributed by atoms with Gasteiger partial charge in [-0.15, -0.1) is 0 Å². The lowest BCUT2D eigenvalue weighted by Gasteiger charge is -2.11. The van der Waals surface area contributed by atoms with Crippen LogP contribution in [0.1, 0.15) is 6.92 Å². The second kappa shape index (κ2) is 7.49. The molecule has 2 N–H and O–H groups in total. The molecule has 0 fully saturated rings. The van der Waals surface area contributed by atoms with Crippen LogP contribution >= 0.6 is 0 Å². The number of carbonyl (C=O) groups excluding carboxylic acids is 1. The molecule has 0 aliphatic heterocycles. The smallest absolute Gasteiger partial charge is 0.333 e. The number of rotatable bonds is 7. The zero-order valence-corrected chi connectivity index (χ0v) is 8.23. The van der Waals surface area contributed by atoms with Gasteiger partial charge in [0.1, 0.15) is 12.7 Å². The molecule has 0 spiro atoms. The highest BCUT2D eigenvalue weighted by Gasteiger charge is 2.08. The van der Waals surface area contributed by atoms with Crippen LogP contribution in [-0.2, 0) is 14.3 Å². The molecule has 0 amide bonds. The molecule has 82 valence electrons. The van der Waals surface area contributed by atoms with Gasteiger partial charge in [-0.05, 0) is 6.92 Å². The molecule has 0 saturated heterocycles. The Kier molecular flexibility index (Phi) is 7.00. The van der Waals surface area contributed by atoms with Crippen LogP contribution < -0.4 is 0 Å². The van der Waals surface area contributed by atoms with Gasteiger partial charge in [-0.25, -0.2) is 4.79 Å². The summed E-state index contributed by atoms with van der Waals surface area (Å²) >= 11 is 0. The van der Waals surface area contributed by atoms with Gasteiger partial charge in [0, 0.05) is 5.57 Å². The third-order valence-corrected chi connectivity index (χ3v) is 1.30. The van der Waals surface area contributed by atoms with E-state index in [4.69, 9.17) is 9.84 Å². The second-order valence-corrected chi connectivity index (χ2v) is 2.83. The van der Waals surface area contributed by atoms with Crippen LogP contribution in [0.15, 0.2) is 12.2 Å². The maximum absolute atomic E-state index is 10.9. The van der Waals surface area contributed by atoms with Crippen molar-refractivity contribution >= 4 is 5.97 Å². The van der Waals surface area contributed by atoms with Gasteiger partial charge in [0.05, 0.1) is 19.8 Å². The molecule has 1 unspecified atom stereocenters. The predicted octanol–water partition coefficient (Wildman–Crippen LogP) is -0.525. The summed E-state index contributed by atoms with van der Waals surface area (Å²) in [6.45, 7) is 4.88. The average Bonchev–Trinajstić information content (AvgIpc) is 2.14. The molecular weight excluding hydrogens is 188 g/mol. The van der Waals surface area contributed by atoms with Gasteiger partial charge in [-0.1, -0.05) is 6.58 Å². The molecule has 0 aromatic carbocycles. The summed E-state index contributed by atoms with van der Waals surface area (Å²) in [5, 5.41) is 17.6. The molecule has 0 aliphatic carbocycles. The van der Waals surface area contributed by atoms with E-state index in [-0.39, 0.29) is 32.0 Å². The van der Waals surface area contributed by atoms with Crippen LogP contribution in [0.4, 0.5) is 0 Å². The molecule has 14 heavy (non-hydrogen) atoms. The van der Waals surface area contributed by atoms with E-state index in [1.165, 1.54) is 6.92 Å². The molecule has 5 heteroatoms. The summed E-state index contributed by atoms with van der Waals surface area (Å²) in [5.74, 6) is -0.536. The van der Waals surface area contributed by atoms with Crippen LogP contribution in [-0.4, -0.2) is 48.7 Å². The van der Waals surface area contributed by atoms with Crippen LogP contribution in [0, 0.1) is 0 Å². The first-order chi connectivity index (χ1) is 6.57. The Morgan fingerprint density at radius 3 is 2.64 bits per heavy atom. The highest BCUT2D eigenvalue weighted by molar-refractivity contribution is 5.86. The maximum Gasteiger partial charge on any atom is 0.333 e. The molecule has 1 atom stereocenters. The summed E-state index contributed by atoms with van der Waals surface area (Å²) in [7, 11) is 0. The van der Waals surface area contributed by atoms with Gasteiger partial charge in [0.25, 0.3) is 0 Å². The fourth-order valence-electron chi connectivity index (χ4n) is 0.627. The lowest BCUT2D eigenvalue weighted by atomic mass is 10.3. The maximum atomic E-state index is 10.9. The molecule has 0 saturated carbocycles. The van der Waals surface area contributed by atoms with E-state index in [0.29, 0.717) is 0 Å². The first kappa shape index (κ1) is 13.1. The SMILES string of the molecule is C=C(C)C(=O)OCC(O)COCCO. The number of aliphatic hydroxyl groups excluding tert-OH is 2. The van der Waals surface area contributed by atoms with Crippen molar-refractivity contribution in [2.45, 2.75) is 13.0 Å². The van der Waals surface area contributed by atoms with E-state index in [1.54, 1.807) is 0 Å². The molecular formula is C9H16O5. The van der Waals surface area contributed by atoms with E-state index in [2.05, 4.69) is 11.3 Å². The first-order valence-electron chi connectivity index (χ1n) is 4.27. The average molecular weight is 204 g/mol. The standard InChI is InChI=1S/C9H16O5/c1-7(2)9(12)14-6-8(11)5-13-4-3-10/h8,10-11H,1,3-6H2,2H3. The third-order valence-electron chi connectivity index (χ3n) is 1.30. The largest absolute Gasteiger partial charge is 0.460 e. The van der Waals surface area contributed by atoms with Crippen molar-refractivity contribution in [3.8, 4) is 0 Å². The Balaban J connectivity index is 3.48. The van der Waals surface area contributed by atoms with Crippen LogP contribution in [0.3, 0.4) is 0 Å². The van der Waals surface area contributed by atoms with E-state index in [9.17, 15) is 9.90 Å². The minimum absolute atomic E-state index is 0.0318. The van der Waals surface area contributed by atoms with Crippen molar-refractivity contribution in [2.24, 2.45) is 0 Å². The Morgan fingerprint density at radius 1 is 1.50 bits per heavy atom. The molecule has 5 nitrogen and oxygen atoms in total. The Bertz CT molecular complexity index is 190. The van der Waals surface area contributed by atoms with Crippen molar-refractivity contribution in [3.63, 3.8) is 0 Å². The fraction of sp³-hybridized carbons (Fsp3) is 0.667. The minimum Gasteiger partial charge on any atom is -0.460 e. The Labute approximate surface area is 82.9 Å². The summed E-state index contributed by atoms with van der Waals surface area (Å²) in [6.07, 6.45) is -0.871. The first-order valence-corrected chi connectivity index (χ1v) is 4.27. The van der Waals surface area contributed by atoms with E-state index in [0.717, 1.165) is 0 Å². The minimum atomic E-state index is -0.871. The zero-order chi connectivity index (χ0) is 11.0. The lowest BCUT2D eigenvalue weighted by Crippen LogP contribution is -2.24. The molecule has 0 aliphatic rings. The number of ether oxygens (including phenoxy) is 2. The van der Waals surface area contributed by atoms with Crippen LogP contribution in [0.2, 0.25) is 0 Å². The number of hydrogen-bond donors (Lipinski definition) is 2. The number of carbonyl (C=O) groups is 1. The number of hydrogen-bond acceptors (Lipinski definition) is 5. The van der Waals surface area contributed by atoms with E-state index >= 15 is 0 Å². The Hall–Kier alpha value is -0.910. The van der Waals surface area contributed by atoms with Crippen molar-refractivity contribution in [1.82, 2.24) is 0 Å². The van der Waals surface area contributed by atoms with Gasteiger partial charge in [0.2, 0.25) is 0 Å². The van der Waals surface area contributed by atoms with Crippen molar-refractivity contribution < 1.29 is 24.5 Å². The molecule has 0 aromatic heterocycles. The van der Waals surface area contributed by atoms with Gasteiger partial charge in [-0.3, -0.25) is 0 Å². The summed E-state index contributed by atoms with van der Waals surface area (Å²) in [6, 6.07) is 0. The highest BCUT2D eigenvalue weighted by atomic mass is 16.5. The van der Waals surface area contributed by atoms with Crippen molar-refractivity contribution in [3.05, 3.63) is 12.2 Å². The van der Waals surface area contributed by atoms with Crippen molar-refractivity contribution in [2.75, 3.05) is 26.4 Å². The summed E-state index contributed by atoms with van der Waals surface area (Å²) in [4.78, 5) is 10.9. The third kappa shape index (κ3) is 6.59. The van der Waals surface area contributed by atoms with Crippen LogP contribution in [0.25, 0.3) is 0 Å². The Morgan fingerprint density at radius 2 is 2.14 bits per heavy atom. The fourth-order valence-corrected chi connectivity index (χ4v) is 0.627. The summed E-state index contributed by atoms with van der Waals surface area (Å²) < 4.78 is 9.49. The normalized spacial score (nSPS) is 12.2. The summed E-state index contributed by atoms with van der Waals surface area (Å²) in [5.41, 5.74) is 0.286. The van der Waals surface area contributed by atoms with Gasteiger partial charge in [-0.2, -0.15) is 0 Å². The number of aliphatic hydroxyl groups is 2.